The van der Waals surface area contributed by atoms with Crippen LogP contribution in [0, 0.1) is 5.82 Å². The van der Waals surface area contributed by atoms with Crippen molar-refractivity contribution >= 4 is 11.7 Å². The summed E-state index contributed by atoms with van der Waals surface area (Å²) in [4.78, 5) is 11.7. The number of anilines is 1. The molecule has 0 bridgehead atoms. The van der Waals surface area contributed by atoms with Crippen molar-refractivity contribution < 1.29 is 13.9 Å². The SMILES string of the molecule is COC(=O)c1ccccc1NC(C)Cc1cccc(F)c1. The van der Waals surface area contributed by atoms with Crippen LogP contribution < -0.4 is 5.32 Å². The third kappa shape index (κ3) is 4.05. The van der Waals surface area contributed by atoms with Crippen LogP contribution in [0.15, 0.2) is 48.5 Å². The molecule has 1 unspecified atom stereocenters. The van der Waals surface area contributed by atoms with Crippen LogP contribution in [-0.4, -0.2) is 19.1 Å². The fraction of sp³-hybridized carbons (Fsp3) is 0.235. The minimum absolute atomic E-state index is 0.0533. The molecule has 0 amide bonds. The lowest BCUT2D eigenvalue weighted by atomic mass is 10.1. The van der Waals surface area contributed by atoms with E-state index in [4.69, 9.17) is 4.74 Å². The molecule has 2 aromatic carbocycles. The van der Waals surface area contributed by atoms with Crippen molar-refractivity contribution in [3.8, 4) is 0 Å². The summed E-state index contributed by atoms with van der Waals surface area (Å²) in [5.74, 6) is -0.620. The second-order valence-corrected chi connectivity index (χ2v) is 4.92. The molecule has 110 valence electrons. The van der Waals surface area contributed by atoms with E-state index in [2.05, 4.69) is 5.32 Å². The van der Waals surface area contributed by atoms with E-state index in [0.717, 1.165) is 5.56 Å². The number of para-hydroxylation sites is 1. The Labute approximate surface area is 123 Å². The van der Waals surface area contributed by atoms with Gasteiger partial charge in [-0.3, -0.25) is 0 Å². The molecule has 1 atom stereocenters. The predicted octanol–water partition coefficient (Wildman–Crippen LogP) is 3.66. The third-order valence-electron chi connectivity index (χ3n) is 3.17. The van der Waals surface area contributed by atoms with E-state index in [0.29, 0.717) is 17.7 Å². The molecule has 21 heavy (non-hydrogen) atoms. The number of halogens is 1. The van der Waals surface area contributed by atoms with Crippen LogP contribution in [0.25, 0.3) is 0 Å². The molecule has 4 heteroatoms. The number of rotatable bonds is 5. The molecular weight excluding hydrogens is 269 g/mol. The van der Waals surface area contributed by atoms with E-state index in [9.17, 15) is 9.18 Å². The van der Waals surface area contributed by atoms with Crippen molar-refractivity contribution in [2.45, 2.75) is 19.4 Å². The number of carbonyl (C=O) groups is 1. The minimum Gasteiger partial charge on any atom is -0.465 e. The summed E-state index contributed by atoms with van der Waals surface area (Å²) in [6.07, 6.45) is 0.660. The van der Waals surface area contributed by atoms with Gasteiger partial charge in [0.25, 0.3) is 0 Å². The van der Waals surface area contributed by atoms with Crippen molar-refractivity contribution in [3.63, 3.8) is 0 Å². The molecule has 0 heterocycles. The maximum atomic E-state index is 13.2. The number of ether oxygens (including phenoxy) is 1. The number of benzene rings is 2. The first-order chi connectivity index (χ1) is 10.1. The summed E-state index contributed by atoms with van der Waals surface area (Å²) in [5.41, 5.74) is 2.12. The summed E-state index contributed by atoms with van der Waals surface area (Å²) in [6, 6.07) is 13.7. The van der Waals surface area contributed by atoms with Gasteiger partial charge in [0.2, 0.25) is 0 Å². The van der Waals surface area contributed by atoms with E-state index in [1.807, 2.05) is 25.1 Å². The zero-order valence-corrected chi connectivity index (χ0v) is 12.1. The Morgan fingerprint density at radius 3 is 2.71 bits per heavy atom. The van der Waals surface area contributed by atoms with Gasteiger partial charge in [0.05, 0.1) is 12.7 Å². The number of methoxy groups -OCH3 is 1. The first kappa shape index (κ1) is 15.0. The Balaban J connectivity index is 2.09. The van der Waals surface area contributed by atoms with Gasteiger partial charge in [-0.25, -0.2) is 9.18 Å². The lowest BCUT2D eigenvalue weighted by molar-refractivity contribution is 0.0602. The third-order valence-corrected chi connectivity index (χ3v) is 3.17. The Bertz CT molecular complexity index is 628. The standard InChI is InChI=1S/C17H18FNO2/c1-12(10-13-6-5-7-14(18)11-13)19-16-9-4-3-8-15(16)17(20)21-2/h3-9,11-12,19H,10H2,1-2H3. The number of carbonyl (C=O) groups excluding carboxylic acids is 1. The monoisotopic (exact) mass is 287 g/mol. The normalized spacial score (nSPS) is 11.8. The van der Waals surface area contributed by atoms with Gasteiger partial charge in [0.1, 0.15) is 5.82 Å². The fourth-order valence-corrected chi connectivity index (χ4v) is 2.23. The molecule has 0 spiro atoms. The van der Waals surface area contributed by atoms with Gasteiger partial charge >= 0.3 is 5.97 Å². The summed E-state index contributed by atoms with van der Waals surface area (Å²) in [6.45, 7) is 1.99. The number of hydrogen-bond donors (Lipinski definition) is 1. The van der Waals surface area contributed by atoms with Crippen molar-refractivity contribution in [2.75, 3.05) is 12.4 Å². The Hall–Kier alpha value is -2.36. The van der Waals surface area contributed by atoms with Crippen molar-refractivity contribution in [2.24, 2.45) is 0 Å². The molecule has 2 aromatic rings. The predicted molar refractivity (Wildman–Crippen MR) is 81.0 cm³/mol. The fourth-order valence-electron chi connectivity index (χ4n) is 2.23. The number of esters is 1. The van der Waals surface area contributed by atoms with Gasteiger partial charge in [-0.2, -0.15) is 0 Å². The molecule has 0 saturated heterocycles. The highest BCUT2D eigenvalue weighted by Crippen LogP contribution is 2.18. The van der Waals surface area contributed by atoms with Gasteiger partial charge < -0.3 is 10.1 Å². The van der Waals surface area contributed by atoms with Crippen LogP contribution in [-0.2, 0) is 11.2 Å². The Morgan fingerprint density at radius 1 is 1.24 bits per heavy atom. The molecule has 3 nitrogen and oxygen atoms in total. The van der Waals surface area contributed by atoms with Gasteiger partial charge in [0.15, 0.2) is 0 Å². The molecule has 0 saturated carbocycles. The van der Waals surface area contributed by atoms with E-state index in [1.165, 1.54) is 19.2 Å². The Kier molecular flexibility index (Phi) is 4.93. The highest BCUT2D eigenvalue weighted by Gasteiger charge is 2.13. The van der Waals surface area contributed by atoms with E-state index in [1.54, 1.807) is 18.2 Å². The molecule has 0 aromatic heterocycles. The average Bonchev–Trinajstić information content (AvgIpc) is 2.47. The van der Waals surface area contributed by atoms with Crippen molar-refractivity contribution in [3.05, 3.63) is 65.5 Å². The topological polar surface area (TPSA) is 38.3 Å². The quantitative estimate of drug-likeness (QED) is 0.853. The minimum atomic E-state index is -0.379. The largest absolute Gasteiger partial charge is 0.465 e. The summed E-state index contributed by atoms with van der Waals surface area (Å²) in [5, 5.41) is 3.27. The maximum absolute atomic E-state index is 13.2. The highest BCUT2D eigenvalue weighted by atomic mass is 19.1. The maximum Gasteiger partial charge on any atom is 0.339 e. The molecule has 0 aliphatic rings. The van der Waals surface area contributed by atoms with Crippen LogP contribution in [0.2, 0.25) is 0 Å². The molecule has 1 N–H and O–H groups in total. The smallest absolute Gasteiger partial charge is 0.339 e. The van der Waals surface area contributed by atoms with E-state index < -0.39 is 0 Å². The molecular formula is C17H18FNO2. The van der Waals surface area contributed by atoms with Crippen LogP contribution >= 0.6 is 0 Å². The molecule has 0 fully saturated rings. The van der Waals surface area contributed by atoms with Crippen molar-refractivity contribution in [1.29, 1.82) is 0 Å². The number of hydrogen-bond acceptors (Lipinski definition) is 3. The zero-order valence-electron chi connectivity index (χ0n) is 12.1. The lowest BCUT2D eigenvalue weighted by Crippen LogP contribution is -2.20. The Morgan fingerprint density at radius 2 is 2.00 bits per heavy atom. The van der Waals surface area contributed by atoms with Gasteiger partial charge in [-0.1, -0.05) is 24.3 Å². The van der Waals surface area contributed by atoms with Gasteiger partial charge in [-0.15, -0.1) is 0 Å². The average molecular weight is 287 g/mol. The second-order valence-electron chi connectivity index (χ2n) is 4.92. The van der Waals surface area contributed by atoms with Gasteiger partial charge in [-0.05, 0) is 43.2 Å². The van der Waals surface area contributed by atoms with Crippen LogP contribution in [0.5, 0.6) is 0 Å². The molecule has 0 aliphatic carbocycles. The first-order valence-electron chi connectivity index (χ1n) is 6.78. The van der Waals surface area contributed by atoms with E-state index >= 15 is 0 Å². The summed E-state index contributed by atoms with van der Waals surface area (Å²) in [7, 11) is 1.36. The van der Waals surface area contributed by atoms with Crippen molar-refractivity contribution in [1.82, 2.24) is 0 Å². The lowest BCUT2D eigenvalue weighted by Gasteiger charge is -2.17. The molecule has 2 rings (SSSR count). The first-order valence-corrected chi connectivity index (χ1v) is 6.78. The highest BCUT2D eigenvalue weighted by molar-refractivity contribution is 5.95. The van der Waals surface area contributed by atoms with Crippen LogP contribution in [0.1, 0.15) is 22.8 Å². The zero-order chi connectivity index (χ0) is 15.2. The van der Waals surface area contributed by atoms with Gasteiger partial charge in [0, 0.05) is 11.7 Å². The van der Waals surface area contributed by atoms with Crippen LogP contribution in [0.3, 0.4) is 0 Å². The van der Waals surface area contributed by atoms with E-state index in [-0.39, 0.29) is 17.8 Å². The number of nitrogens with one attached hydrogen (secondary N) is 1. The molecule has 0 radical (unpaired) electrons. The van der Waals surface area contributed by atoms with Crippen LogP contribution in [0.4, 0.5) is 10.1 Å². The second kappa shape index (κ2) is 6.88. The molecule has 0 aliphatic heterocycles. The summed E-state index contributed by atoms with van der Waals surface area (Å²) < 4.78 is 17.9. The summed E-state index contributed by atoms with van der Waals surface area (Å²) >= 11 is 0.